The number of Topliss-reactive ketones (excluding diaryl/α,β-unsaturated/α-hetero) is 1. The quantitative estimate of drug-likeness (QED) is 0.593. The van der Waals surface area contributed by atoms with Gasteiger partial charge in [0.05, 0.1) is 0 Å². The Morgan fingerprint density at radius 1 is 1.31 bits per heavy atom. The Hall–Kier alpha value is -0.850. The van der Waals surface area contributed by atoms with E-state index in [-0.39, 0.29) is 11.7 Å². The second-order valence-electron chi connectivity index (χ2n) is 3.66. The van der Waals surface area contributed by atoms with Crippen LogP contribution in [-0.4, -0.2) is 5.78 Å². The first kappa shape index (κ1) is 12.2. The molecule has 0 aliphatic heterocycles. The molecule has 0 aromatic heterocycles. The molecule has 74 valence electrons. The Morgan fingerprint density at radius 2 is 1.85 bits per heavy atom. The molecule has 13 heavy (non-hydrogen) atoms. The molecule has 0 aliphatic rings. The first-order chi connectivity index (χ1) is 6.00. The van der Waals surface area contributed by atoms with Gasteiger partial charge in [-0.25, -0.2) is 0 Å². The van der Waals surface area contributed by atoms with Crippen LogP contribution in [0.2, 0.25) is 0 Å². The summed E-state index contributed by atoms with van der Waals surface area (Å²) in [6.45, 7) is 11.5. The summed E-state index contributed by atoms with van der Waals surface area (Å²) < 4.78 is 0. The Bertz CT molecular complexity index is 213. The van der Waals surface area contributed by atoms with Gasteiger partial charge in [0.2, 0.25) is 0 Å². The molecule has 0 fully saturated rings. The van der Waals surface area contributed by atoms with E-state index in [4.69, 9.17) is 0 Å². The molecule has 0 aromatic rings. The monoisotopic (exact) mass is 180 g/mol. The van der Waals surface area contributed by atoms with Crippen molar-refractivity contribution in [3.05, 3.63) is 24.3 Å². The minimum atomic E-state index is 0.126. The van der Waals surface area contributed by atoms with E-state index in [0.717, 1.165) is 6.42 Å². The standard InChI is InChI=1S/C12H20O/c1-6-7-8-9(2)10(3)11(4)12(5)13/h6,8,10-11H,1,7H2,2-5H3/b9-8+/t10?,11-/m1/s1. The largest absolute Gasteiger partial charge is 0.300 e. The van der Waals surface area contributed by atoms with Gasteiger partial charge in [-0.2, -0.15) is 0 Å². The van der Waals surface area contributed by atoms with Crippen LogP contribution in [-0.2, 0) is 4.79 Å². The van der Waals surface area contributed by atoms with E-state index in [2.05, 4.69) is 26.5 Å². The van der Waals surface area contributed by atoms with Gasteiger partial charge in [-0.3, -0.25) is 4.79 Å². The second-order valence-corrected chi connectivity index (χ2v) is 3.66. The van der Waals surface area contributed by atoms with Gasteiger partial charge in [0.25, 0.3) is 0 Å². The van der Waals surface area contributed by atoms with Crippen molar-refractivity contribution in [3.8, 4) is 0 Å². The van der Waals surface area contributed by atoms with Crippen molar-refractivity contribution in [2.75, 3.05) is 0 Å². The number of carbonyl (C=O) groups excluding carboxylic acids is 1. The predicted octanol–water partition coefficient (Wildman–Crippen LogP) is 3.37. The average Bonchev–Trinajstić information content (AvgIpc) is 2.11. The fourth-order valence-corrected chi connectivity index (χ4v) is 1.20. The summed E-state index contributed by atoms with van der Waals surface area (Å²) in [6.07, 6.45) is 4.90. The molecule has 0 saturated carbocycles. The van der Waals surface area contributed by atoms with Crippen LogP contribution in [0.1, 0.15) is 34.1 Å². The molecule has 0 spiro atoms. The fourth-order valence-electron chi connectivity index (χ4n) is 1.20. The van der Waals surface area contributed by atoms with Crippen molar-refractivity contribution in [3.63, 3.8) is 0 Å². The zero-order chi connectivity index (χ0) is 10.4. The predicted molar refractivity (Wildman–Crippen MR) is 57.6 cm³/mol. The molecule has 0 rings (SSSR count). The lowest BCUT2D eigenvalue weighted by atomic mass is 9.86. The third-order valence-corrected chi connectivity index (χ3v) is 2.72. The summed E-state index contributed by atoms with van der Waals surface area (Å²) in [6, 6.07) is 0. The van der Waals surface area contributed by atoms with E-state index in [0.29, 0.717) is 5.92 Å². The van der Waals surface area contributed by atoms with Crippen LogP contribution in [0.5, 0.6) is 0 Å². The summed E-state index contributed by atoms with van der Waals surface area (Å²) in [4.78, 5) is 11.1. The number of hydrogen-bond acceptors (Lipinski definition) is 1. The molecule has 0 saturated heterocycles. The third-order valence-electron chi connectivity index (χ3n) is 2.72. The highest BCUT2D eigenvalue weighted by Crippen LogP contribution is 2.20. The summed E-state index contributed by atoms with van der Waals surface area (Å²) in [7, 11) is 0. The Balaban J connectivity index is 4.31. The van der Waals surface area contributed by atoms with Crippen molar-refractivity contribution in [1.82, 2.24) is 0 Å². The number of hydrogen-bond donors (Lipinski definition) is 0. The van der Waals surface area contributed by atoms with Gasteiger partial charge in [-0.1, -0.05) is 31.6 Å². The molecule has 0 aromatic carbocycles. The Morgan fingerprint density at radius 3 is 2.23 bits per heavy atom. The zero-order valence-corrected chi connectivity index (χ0v) is 9.13. The first-order valence-electron chi connectivity index (χ1n) is 4.78. The molecule has 0 N–H and O–H groups in total. The molecular formula is C12H20O. The SMILES string of the molecule is C=CC/C=C(\C)C(C)[C@@H](C)C(C)=O. The lowest BCUT2D eigenvalue weighted by molar-refractivity contribution is -0.121. The second kappa shape index (κ2) is 5.74. The molecule has 0 amide bonds. The topological polar surface area (TPSA) is 17.1 Å². The highest BCUT2D eigenvalue weighted by Gasteiger charge is 2.17. The first-order valence-corrected chi connectivity index (χ1v) is 4.78. The van der Waals surface area contributed by atoms with E-state index in [1.165, 1.54) is 5.57 Å². The van der Waals surface area contributed by atoms with E-state index < -0.39 is 0 Å². The maximum atomic E-state index is 11.1. The molecule has 0 aliphatic carbocycles. The molecule has 0 heterocycles. The van der Waals surface area contributed by atoms with Crippen LogP contribution in [0.3, 0.4) is 0 Å². The van der Waals surface area contributed by atoms with Gasteiger partial charge < -0.3 is 0 Å². The van der Waals surface area contributed by atoms with E-state index in [1.54, 1.807) is 6.92 Å². The summed E-state index contributed by atoms with van der Waals surface area (Å²) >= 11 is 0. The number of ketones is 1. The summed E-state index contributed by atoms with van der Waals surface area (Å²) in [5, 5.41) is 0. The van der Waals surface area contributed by atoms with Gasteiger partial charge in [-0.05, 0) is 26.2 Å². The maximum absolute atomic E-state index is 11.1. The molecule has 0 bridgehead atoms. The average molecular weight is 180 g/mol. The molecular weight excluding hydrogens is 160 g/mol. The van der Waals surface area contributed by atoms with Crippen molar-refractivity contribution in [1.29, 1.82) is 0 Å². The highest BCUT2D eigenvalue weighted by atomic mass is 16.1. The van der Waals surface area contributed by atoms with Crippen LogP contribution in [0.25, 0.3) is 0 Å². The summed E-state index contributed by atoms with van der Waals surface area (Å²) in [5.74, 6) is 0.734. The number of allylic oxidation sites excluding steroid dienone is 3. The molecule has 0 radical (unpaired) electrons. The van der Waals surface area contributed by atoms with Crippen LogP contribution >= 0.6 is 0 Å². The third kappa shape index (κ3) is 4.07. The smallest absolute Gasteiger partial charge is 0.133 e. The van der Waals surface area contributed by atoms with Crippen molar-refractivity contribution in [2.24, 2.45) is 11.8 Å². The zero-order valence-electron chi connectivity index (χ0n) is 9.13. The Kier molecular flexibility index (Phi) is 5.36. The van der Waals surface area contributed by atoms with Crippen molar-refractivity contribution < 1.29 is 4.79 Å². The summed E-state index contributed by atoms with van der Waals surface area (Å²) in [5.41, 5.74) is 1.28. The minimum Gasteiger partial charge on any atom is -0.300 e. The number of carbonyl (C=O) groups is 1. The van der Waals surface area contributed by atoms with Gasteiger partial charge in [-0.15, -0.1) is 6.58 Å². The van der Waals surface area contributed by atoms with Crippen LogP contribution in [0, 0.1) is 11.8 Å². The van der Waals surface area contributed by atoms with Crippen LogP contribution in [0.4, 0.5) is 0 Å². The molecule has 1 nitrogen and oxygen atoms in total. The molecule has 1 unspecified atom stereocenters. The van der Waals surface area contributed by atoms with Crippen molar-refractivity contribution >= 4 is 5.78 Å². The lowest BCUT2D eigenvalue weighted by Gasteiger charge is -2.17. The minimum absolute atomic E-state index is 0.126. The Labute approximate surface area is 81.5 Å². The van der Waals surface area contributed by atoms with E-state index in [9.17, 15) is 4.79 Å². The van der Waals surface area contributed by atoms with Gasteiger partial charge >= 0.3 is 0 Å². The maximum Gasteiger partial charge on any atom is 0.133 e. The fraction of sp³-hybridized carbons (Fsp3) is 0.583. The molecule has 2 atom stereocenters. The number of rotatable bonds is 5. The highest BCUT2D eigenvalue weighted by molar-refractivity contribution is 5.78. The van der Waals surface area contributed by atoms with Gasteiger partial charge in [0, 0.05) is 5.92 Å². The van der Waals surface area contributed by atoms with E-state index in [1.807, 2.05) is 13.0 Å². The van der Waals surface area contributed by atoms with Crippen molar-refractivity contribution in [2.45, 2.75) is 34.1 Å². The van der Waals surface area contributed by atoms with Gasteiger partial charge in [0.1, 0.15) is 5.78 Å². The van der Waals surface area contributed by atoms with Crippen LogP contribution in [0.15, 0.2) is 24.3 Å². The van der Waals surface area contributed by atoms with E-state index >= 15 is 0 Å². The van der Waals surface area contributed by atoms with Crippen LogP contribution < -0.4 is 0 Å². The van der Waals surface area contributed by atoms with Gasteiger partial charge in [0.15, 0.2) is 0 Å². The normalized spacial score (nSPS) is 16.5. The lowest BCUT2D eigenvalue weighted by Crippen LogP contribution is -2.16. The molecule has 1 heteroatoms.